The van der Waals surface area contributed by atoms with Gasteiger partial charge in [0.05, 0.1) is 31.9 Å². The molecule has 2 amide bonds. The number of anilines is 1. The summed E-state index contributed by atoms with van der Waals surface area (Å²) in [6.45, 7) is 5.11. The Bertz CT molecular complexity index is 1460. The molecule has 1 N–H and O–H groups in total. The van der Waals surface area contributed by atoms with E-state index in [0.29, 0.717) is 29.4 Å². The van der Waals surface area contributed by atoms with Crippen LogP contribution in [0.15, 0.2) is 71.6 Å². The van der Waals surface area contributed by atoms with E-state index in [1.165, 1.54) is 44.4 Å². The molecule has 0 heterocycles. The van der Waals surface area contributed by atoms with Gasteiger partial charge in [-0.05, 0) is 62.7 Å². The van der Waals surface area contributed by atoms with E-state index in [1.807, 2.05) is 13.0 Å². The number of hydrogen-bond donors (Lipinski definition) is 1. The van der Waals surface area contributed by atoms with Crippen LogP contribution in [-0.2, 0) is 26.2 Å². The molecular weight excluding hydrogens is 546 g/mol. The molecule has 41 heavy (non-hydrogen) atoms. The number of amides is 2. The van der Waals surface area contributed by atoms with Crippen molar-refractivity contribution in [3.8, 4) is 17.2 Å². The summed E-state index contributed by atoms with van der Waals surface area (Å²) >= 11 is 0. The highest BCUT2D eigenvalue weighted by Crippen LogP contribution is 2.34. The topological polar surface area (TPSA) is 114 Å². The van der Waals surface area contributed by atoms with Crippen LogP contribution in [0.1, 0.15) is 25.0 Å². The zero-order valence-electron chi connectivity index (χ0n) is 24.2. The van der Waals surface area contributed by atoms with Gasteiger partial charge in [-0.25, -0.2) is 8.42 Å². The average molecular weight is 584 g/mol. The predicted octanol–water partition coefficient (Wildman–Crippen LogP) is 3.77. The van der Waals surface area contributed by atoms with Crippen molar-refractivity contribution < 1.29 is 32.2 Å². The smallest absolute Gasteiger partial charge is 0.264 e. The summed E-state index contributed by atoms with van der Waals surface area (Å²) in [4.78, 5) is 28.2. The fourth-order valence-corrected chi connectivity index (χ4v) is 5.62. The minimum absolute atomic E-state index is 0.0156. The summed E-state index contributed by atoms with van der Waals surface area (Å²) in [6.07, 6.45) is 0. The van der Waals surface area contributed by atoms with Gasteiger partial charge in [-0.15, -0.1) is 0 Å². The van der Waals surface area contributed by atoms with Crippen LogP contribution in [-0.4, -0.2) is 65.6 Å². The first-order chi connectivity index (χ1) is 19.5. The SMILES string of the molecule is CCNC(=O)[C@H](C)N(Cc1cccc(OC)c1)C(=O)CN(c1ccc(OC)c(OC)c1)S(=O)(=O)c1ccc(C)cc1. The van der Waals surface area contributed by atoms with Crippen molar-refractivity contribution in [2.24, 2.45) is 0 Å². The molecule has 11 heteroatoms. The fourth-order valence-electron chi connectivity index (χ4n) is 4.22. The second-order valence-electron chi connectivity index (χ2n) is 9.31. The Kier molecular flexibility index (Phi) is 10.6. The largest absolute Gasteiger partial charge is 0.497 e. The highest BCUT2D eigenvalue weighted by atomic mass is 32.2. The molecule has 0 saturated carbocycles. The second kappa shape index (κ2) is 13.9. The van der Waals surface area contributed by atoms with Gasteiger partial charge in [0.2, 0.25) is 11.8 Å². The van der Waals surface area contributed by atoms with Gasteiger partial charge in [-0.3, -0.25) is 13.9 Å². The molecular formula is C30H37N3O7S. The molecule has 0 unspecified atom stereocenters. The van der Waals surface area contributed by atoms with Gasteiger partial charge in [0, 0.05) is 19.2 Å². The first-order valence-corrected chi connectivity index (χ1v) is 14.5. The predicted molar refractivity (Wildman–Crippen MR) is 157 cm³/mol. The maximum Gasteiger partial charge on any atom is 0.264 e. The second-order valence-corrected chi connectivity index (χ2v) is 11.2. The van der Waals surface area contributed by atoms with Crippen LogP contribution in [0.25, 0.3) is 0 Å². The van der Waals surface area contributed by atoms with E-state index < -0.39 is 28.5 Å². The van der Waals surface area contributed by atoms with Crippen LogP contribution in [0, 0.1) is 6.92 Å². The zero-order valence-corrected chi connectivity index (χ0v) is 25.0. The van der Waals surface area contributed by atoms with Crippen LogP contribution < -0.4 is 23.8 Å². The van der Waals surface area contributed by atoms with Crippen molar-refractivity contribution in [1.29, 1.82) is 0 Å². The number of hydrogen-bond acceptors (Lipinski definition) is 7. The Morgan fingerprint density at radius 2 is 1.59 bits per heavy atom. The quantitative estimate of drug-likeness (QED) is 0.326. The van der Waals surface area contributed by atoms with Crippen LogP contribution in [0.3, 0.4) is 0 Å². The summed E-state index contributed by atoms with van der Waals surface area (Å²) < 4.78 is 45.0. The first-order valence-electron chi connectivity index (χ1n) is 13.1. The Hall–Kier alpha value is -4.25. The van der Waals surface area contributed by atoms with E-state index in [1.54, 1.807) is 56.3 Å². The normalized spacial score (nSPS) is 11.8. The van der Waals surface area contributed by atoms with Gasteiger partial charge in [-0.1, -0.05) is 29.8 Å². The van der Waals surface area contributed by atoms with Crippen LogP contribution >= 0.6 is 0 Å². The molecule has 0 aliphatic rings. The lowest BCUT2D eigenvalue weighted by molar-refractivity contribution is -0.139. The van der Waals surface area contributed by atoms with Crippen LogP contribution in [0.5, 0.6) is 17.2 Å². The molecule has 0 aliphatic carbocycles. The molecule has 1 atom stereocenters. The average Bonchev–Trinajstić information content (AvgIpc) is 2.98. The monoisotopic (exact) mass is 583 g/mol. The number of methoxy groups -OCH3 is 3. The third kappa shape index (κ3) is 7.49. The Morgan fingerprint density at radius 3 is 2.20 bits per heavy atom. The van der Waals surface area contributed by atoms with Gasteiger partial charge in [0.15, 0.2) is 11.5 Å². The molecule has 220 valence electrons. The van der Waals surface area contributed by atoms with Crippen LogP contribution in [0.4, 0.5) is 5.69 Å². The number of rotatable bonds is 13. The summed E-state index contributed by atoms with van der Waals surface area (Å²) in [5, 5.41) is 2.74. The third-order valence-electron chi connectivity index (χ3n) is 6.55. The Labute approximate surface area is 241 Å². The Morgan fingerprint density at radius 1 is 0.902 bits per heavy atom. The molecule has 0 saturated heterocycles. The standard InChI is InChI=1S/C30H37N3O7S/c1-7-31-30(35)22(3)32(19-23-9-8-10-25(17-23)38-4)29(34)20-33(24-13-16-27(39-5)28(18-24)40-6)41(36,37)26-14-11-21(2)12-15-26/h8-18,22H,7,19-20H2,1-6H3,(H,31,35)/t22-/m0/s1. The molecule has 0 radical (unpaired) electrons. The van der Waals surface area contributed by atoms with E-state index in [9.17, 15) is 18.0 Å². The van der Waals surface area contributed by atoms with E-state index in [0.717, 1.165) is 9.87 Å². The number of sulfonamides is 1. The highest BCUT2D eigenvalue weighted by Gasteiger charge is 2.33. The van der Waals surface area contributed by atoms with Gasteiger partial charge >= 0.3 is 0 Å². The minimum atomic E-state index is -4.21. The van der Waals surface area contributed by atoms with Gasteiger partial charge < -0.3 is 24.4 Å². The van der Waals surface area contributed by atoms with Crippen molar-refractivity contribution in [2.75, 3.05) is 38.7 Å². The first kappa shape index (κ1) is 31.3. The van der Waals surface area contributed by atoms with Crippen LogP contribution in [0.2, 0.25) is 0 Å². The fraction of sp³-hybridized carbons (Fsp3) is 0.333. The molecule has 3 rings (SSSR count). The summed E-state index contributed by atoms with van der Waals surface area (Å²) in [7, 11) is 0.236. The summed E-state index contributed by atoms with van der Waals surface area (Å²) in [6, 6.07) is 17.2. The number of ether oxygens (including phenoxy) is 3. The maximum absolute atomic E-state index is 14.0. The van der Waals surface area contributed by atoms with Crippen molar-refractivity contribution >= 4 is 27.5 Å². The molecule has 0 bridgehead atoms. The number of carbonyl (C=O) groups excluding carboxylic acids is 2. The number of carbonyl (C=O) groups is 2. The molecule has 10 nitrogen and oxygen atoms in total. The van der Waals surface area contributed by atoms with Crippen molar-refractivity contribution in [2.45, 2.75) is 38.3 Å². The van der Waals surface area contributed by atoms with E-state index in [4.69, 9.17) is 14.2 Å². The Balaban J connectivity index is 2.09. The van der Waals surface area contributed by atoms with E-state index >= 15 is 0 Å². The lowest BCUT2D eigenvalue weighted by atomic mass is 10.1. The van der Waals surface area contributed by atoms with Crippen molar-refractivity contribution in [3.05, 3.63) is 77.9 Å². The minimum Gasteiger partial charge on any atom is -0.497 e. The lowest BCUT2D eigenvalue weighted by Gasteiger charge is -2.32. The van der Waals surface area contributed by atoms with Gasteiger partial charge in [-0.2, -0.15) is 0 Å². The number of likely N-dealkylation sites (N-methyl/N-ethyl adjacent to an activating group) is 1. The highest BCUT2D eigenvalue weighted by molar-refractivity contribution is 7.92. The zero-order chi connectivity index (χ0) is 30.2. The maximum atomic E-state index is 14.0. The molecule has 0 aliphatic heterocycles. The number of aryl methyl sites for hydroxylation is 1. The molecule has 0 spiro atoms. The number of nitrogens with one attached hydrogen (secondary N) is 1. The summed E-state index contributed by atoms with van der Waals surface area (Å²) in [5.41, 5.74) is 1.80. The van der Waals surface area contributed by atoms with Gasteiger partial charge in [0.25, 0.3) is 10.0 Å². The number of nitrogens with zero attached hydrogens (tertiary/aromatic N) is 2. The van der Waals surface area contributed by atoms with E-state index in [-0.39, 0.29) is 23.0 Å². The summed E-state index contributed by atoms with van der Waals surface area (Å²) in [5.74, 6) is 0.361. The molecule has 0 aromatic heterocycles. The third-order valence-corrected chi connectivity index (χ3v) is 8.34. The van der Waals surface area contributed by atoms with Crippen molar-refractivity contribution in [1.82, 2.24) is 10.2 Å². The van der Waals surface area contributed by atoms with E-state index in [2.05, 4.69) is 5.32 Å². The molecule has 3 aromatic carbocycles. The molecule has 3 aromatic rings. The van der Waals surface area contributed by atoms with Gasteiger partial charge in [0.1, 0.15) is 18.3 Å². The molecule has 0 fully saturated rings. The van der Waals surface area contributed by atoms with Crippen molar-refractivity contribution in [3.63, 3.8) is 0 Å². The lowest BCUT2D eigenvalue weighted by Crippen LogP contribution is -2.51. The number of benzene rings is 3.